The highest BCUT2D eigenvalue weighted by Crippen LogP contribution is 2.51. The van der Waals surface area contributed by atoms with Gasteiger partial charge in [0.1, 0.15) is 11.8 Å². The first-order valence-electron chi connectivity index (χ1n) is 7.96. The average molecular weight is 359 g/mol. The zero-order valence-electron chi connectivity index (χ0n) is 13.8. The maximum atomic E-state index is 12.5. The molecular formula is C17H20F3NO4. The predicted molar refractivity (Wildman–Crippen MR) is 83.0 cm³/mol. The van der Waals surface area contributed by atoms with Crippen molar-refractivity contribution in [2.24, 2.45) is 11.8 Å². The molecule has 8 heteroatoms. The molecule has 1 amide bonds. The van der Waals surface area contributed by atoms with Crippen LogP contribution in [0.2, 0.25) is 0 Å². The molecular weight excluding hydrogens is 339 g/mol. The van der Waals surface area contributed by atoms with Crippen molar-refractivity contribution in [3.63, 3.8) is 0 Å². The van der Waals surface area contributed by atoms with E-state index in [1.54, 1.807) is 6.07 Å². The smallest absolute Gasteiger partial charge is 0.480 e. The Morgan fingerprint density at radius 3 is 2.52 bits per heavy atom. The molecule has 5 nitrogen and oxygen atoms in total. The first-order chi connectivity index (χ1) is 11.6. The summed E-state index contributed by atoms with van der Waals surface area (Å²) in [6.45, 7) is 3.68. The maximum absolute atomic E-state index is 12.5. The minimum Gasteiger partial charge on any atom is -0.480 e. The molecule has 1 saturated carbocycles. The van der Waals surface area contributed by atoms with Gasteiger partial charge >= 0.3 is 12.3 Å². The molecule has 138 valence electrons. The van der Waals surface area contributed by atoms with E-state index in [1.807, 2.05) is 13.8 Å². The van der Waals surface area contributed by atoms with E-state index in [9.17, 15) is 22.8 Å². The normalized spacial score (nSPS) is 20.9. The fourth-order valence-electron chi connectivity index (χ4n) is 2.80. The van der Waals surface area contributed by atoms with Crippen LogP contribution in [0.5, 0.6) is 5.75 Å². The van der Waals surface area contributed by atoms with Crippen LogP contribution in [-0.4, -0.2) is 29.4 Å². The van der Waals surface area contributed by atoms with E-state index in [-0.39, 0.29) is 18.1 Å². The van der Waals surface area contributed by atoms with Crippen molar-refractivity contribution in [1.82, 2.24) is 5.32 Å². The molecule has 1 aliphatic rings. The summed E-state index contributed by atoms with van der Waals surface area (Å²) in [5, 5.41) is 11.6. The highest BCUT2D eigenvalue weighted by molar-refractivity contribution is 5.87. The van der Waals surface area contributed by atoms with E-state index in [0.29, 0.717) is 12.0 Å². The van der Waals surface area contributed by atoms with Crippen molar-refractivity contribution in [3.8, 4) is 5.75 Å². The molecule has 0 aromatic heterocycles. The van der Waals surface area contributed by atoms with Crippen LogP contribution in [0, 0.1) is 11.8 Å². The summed E-state index contributed by atoms with van der Waals surface area (Å²) < 4.78 is 41.4. The lowest BCUT2D eigenvalue weighted by Gasteiger charge is -2.17. The summed E-state index contributed by atoms with van der Waals surface area (Å²) in [6, 6.07) is 4.68. The van der Waals surface area contributed by atoms with Gasteiger partial charge in [0.15, 0.2) is 0 Å². The number of alkyl halides is 3. The number of ether oxygens (including phenoxy) is 1. The van der Waals surface area contributed by atoms with Gasteiger partial charge in [0.2, 0.25) is 5.91 Å². The number of aliphatic carboxylic acids is 1. The second kappa shape index (κ2) is 7.33. The van der Waals surface area contributed by atoms with Crippen molar-refractivity contribution in [2.45, 2.75) is 45.0 Å². The predicted octanol–water partition coefficient (Wildman–Crippen LogP) is 3.30. The Bertz CT molecular complexity index is 645. The van der Waals surface area contributed by atoms with Crippen molar-refractivity contribution in [3.05, 3.63) is 29.8 Å². The third kappa shape index (κ3) is 5.37. The number of carbonyl (C=O) groups is 2. The zero-order valence-corrected chi connectivity index (χ0v) is 13.8. The third-order valence-corrected chi connectivity index (χ3v) is 3.99. The lowest BCUT2D eigenvalue weighted by Crippen LogP contribution is -2.42. The van der Waals surface area contributed by atoms with Gasteiger partial charge in [0.25, 0.3) is 0 Å². The van der Waals surface area contributed by atoms with Crippen LogP contribution in [-0.2, 0) is 9.59 Å². The van der Waals surface area contributed by atoms with E-state index >= 15 is 0 Å². The highest BCUT2D eigenvalue weighted by Gasteiger charge is 2.47. The number of hydrogen-bond donors (Lipinski definition) is 2. The lowest BCUT2D eigenvalue weighted by molar-refractivity contribution is -0.274. The first kappa shape index (κ1) is 19.1. The topological polar surface area (TPSA) is 75.6 Å². The monoisotopic (exact) mass is 359 g/mol. The number of carboxylic acid groups (broad SMARTS) is 1. The number of rotatable bonds is 7. The molecule has 0 spiro atoms. The summed E-state index contributed by atoms with van der Waals surface area (Å²) in [6.07, 6.45) is -4.17. The van der Waals surface area contributed by atoms with E-state index in [4.69, 9.17) is 5.11 Å². The van der Waals surface area contributed by atoms with Crippen LogP contribution >= 0.6 is 0 Å². The van der Waals surface area contributed by atoms with Gasteiger partial charge in [-0.3, -0.25) is 4.79 Å². The first-order valence-corrected chi connectivity index (χ1v) is 7.96. The maximum Gasteiger partial charge on any atom is 0.573 e. The van der Waals surface area contributed by atoms with Gasteiger partial charge in [0, 0.05) is 5.92 Å². The second-order valence-corrected chi connectivity index (χ2v) is 6.56. The van der Waals surface area contributed by atoms with Crippen molar-refractivity contribution in [2.75, 3.05) is 0 Å². The fourth-order valence-corrected chi connectivity index (χ4v) is 2.80. The van der Waals surface area contributed by atoms with Gasteiger partial charge < -0.3 is 15.2 Å². The molecule has 1 aromatic carbocycles. The Morgan fingerprint density at radius 1 is 1.32 bits per heavy atom. The Kier molecular flexibility index (Phi) is 5.59. The van der Waals surface area contributed by atoms with Gasteiger partial charge in [-0.2, -0.15) is 0 Å². The van der Waals surface area contributed by atoms with Crippen LogP contribution in [0.1, 0.15) is 38.2 Å². The molecule has 2 N–H and O–H groups in total. The third-order valence-electron chi connectivity index (χ3n) is 3.99. The minimum atomic E-state index is -4.81. The summed E-state index contributed by atoms with van der Waals surface area (Å²) in [7, 11) is 0. The molecule has 0 bridgehead atoms. The van der Waals surface area contributed by atoms with Crippen LogP contribution in [0.4, 0.5) is 13.2 Å². The van der Waals surface area contributed by atoms with Gasteiger partial charge in [-0.05, 0) is 36.3 Å². The fraction of sp³-hybridized carbons (Fsp3) is 0.529. The molecule has 2 unspecified atom stereocenters. The molecule has 0 heterocycles. The quantitative estimate of drug-likeness (QED) is 0.783. The number of carboxylic acids is 1. The van der Waals surface area contributed by atoms with Gasteiger partial charge in [-0.1, -0.05) is 32.0 Å². The Hall–Kier alpha value is -2.25. The molecule has 0 aliphatic heterocycles. The SMILES string of the molecule is CC(C)C[C@@H](NC(=O)C1CC1c1ccccc1OC(F)(F)F)C(=O)O. The van der Waals surface area contributed by atoms with Crippen LogP contribution in [0.25, 0.3) is 0 Å². The van der Waals surface area contributed by atoms with Gasteiger partial charge in [0.05, 0.1) is 0 Å². The number of carbonyl (C=O) groups excluding carboxylic acids is 1. The Morgan fingerprint density at radius 2 is 1.96 bits per heavy atom. The van der Waals surface area contributed by atoms with Crippen molar-refractivity contribution in [1.29, 1.82) is 0 Å². The number of hydrogen-bond acceptors (Lipinski definition) is 3. The summed E-state index contributed by atoms with van der Waals surface area (Å²) in [5.74, 6) is -2.79. The number of para-hydroxylation sites is 1. The Labute approximate surface area is 143 Å². The second-order valence-electron chi connectivity index (χ2n) is 6.56. The van der Waals surface area contributed by atoms with Crippen molar-refractivity contribution >= 4 is 11.9 Å². The Balaban J connectivity index is 2.05. The summed E-state index contributed by atoms with van der Waals surface area (Å²) in [5.41, 5.74) is 0.302. The molecule has 3 atom stereocenters. The average Bonchev–Trinajstić information content (AvgIpc) is 3.25. The van der Waals surface area contributed by atoms with E-state index < -0.39 is 36.1 Å². The molecule has 1 fully saturated rings. The van der Waals surface area contributed by atoms with Gasteiger partial charge in [-0.15, -0.1) is 13.2 Å². The van der Waals surface area contributed by atoms with E-state index in [0.717, 1.165) is 0 Å². The largest absolute Gasteiger partial charge is 0.573 e. The van der Waals surface area contributed by atoms with E-state index in [2.05, 4.69) is 10.1 Å². The standard InChI is InChI=1S/C17H20F3NO4/c1-9(2)7-13(16(23)24)21-15(22)12-8-11(12)10-5-3-4-6-14(10)25-17(18,19)20/h3-6,9,11-13H,7-8H2,1-2H3,(H,21,22)(H,23,24)/t11?,12?,13-/m1/s1. The minimum absolute atomic E-state index is 0.0808. The van der Waals surface area contributed by atoms with Gasteiger partial charge in [-0.25, -0.2) is 4.79 Å². The van der Waals surface area contributed by atoms with Crippen LogP contribution in [0.15, 0.2) is 24.3 Å². The molecule has 1 aliphatic carbocycles. The number of benzene rings is 1. The van der Waals surface area contributed by atoms with Crippen LogP contribution in [0.3, 0.4) is 0 Å². The lowest BCUT2D eigenvalue weighted by atomic mass is 10.0. The van der Waals surface area contributed by atoms with Crippen LogP contribution < -0.4 is 10.1 Å². The molecule has 0 saturated heterocycles. The summed E-state index contributed by atoms with van der Waals surface area (Å²) >= 11 is 0. The molecule has 2 rings (SSSR count). The molecule has 0 radical (unpaired) electrons. The number of amides is 1. The summed E-state index contributed by atoms with van der Waals surface area (Å²) in [4.78, 5) is 23.5. The zero-order chi connectivity index (χ0) is 18.8. The van der Waals surface area contributed by atoms with Crippen molar-refractivity contribution < 1.29 is 32.6 Å². The number of halogens is 3. The number of nitrogens with one attached hydrogen (secondary N) is 1. The highest BCUT2D eigenvalue weighted by atomic mass is 19.4. The van der Waals surface area contributed by atoms with E-state index in [1.165, 1.54) is 18.2 Å². The molecule has 25 heavy (non-hydrogen) atoms. The molecule has 1 aromatic rings.